The van der Waals surface area contributed by atoms with Crippen molar-refractivity contribution in [3.63, 3.8) is 0 Å². The highest BCUT2D eigenvalue weighted by Gasteiger charge is 2.21. The summed E-state index contributed by atoms with van der Waals surface area (Å²) in [5.74, 6) is -0.905. The molecule has 0 aliphatic rings. The molecule has 148 valence electrons. The van der Waals surface area contributed by atoms with Gasteiger partial charge in [0, 0.05) is 11.3 Å². The number of nitrogens with one attached hydrogen (secondary N) is 1. The number of carbonyl (C=O) groups is 2. The molecule has 0 fully saturated rings. The summed E-state index contributed by atoms with van der Waals surface area (Å²) in [4.78, 5) is 25.5. The van der Waals surface area contributed by atoms with Crippen LogP contribution in [-0.4, -0.2) is 18.0 Å². The quantitative estimate of drug-likeness (QED) is 0.442. The highest BCUT2D eigenvalue weighted by Crippen LogP contribution is 2.28. The molecule has 0 unspecified atom stereocenters. The maximum atomic E-state index is 12.7. The van der Waals surface area contributed by atoms with Crippen LogP contribution in [0, 0.1) is 0 Å². The number of hydrogen-bond donors (Lipinski definition) is 1. The van der Waals surface area contributed by atoms with E-state index >= 15 is 0 Å². The van der Waals surface area contributed by atoms with E-state index in [2.05, 4.69) is 5.32 Å². The number of hydrogen-bond acceptors (Lipinski definition) is 3. The molecular weight excluding hydrogens is 374 g/mol. The van der Waals surface area contributed by atoms with Crippen LogP contribution in [-0.2, 0) is 9.53 Å². The molecule has 0 aliphatic heterocycles. The zero-order valence-electron chi connectivity index (χ0n) is 16.5. The Morgan fingerprint density at radius 1 is 0.767 bits per heavy atom. The van der Waals surface area contributed by atoms with Crippen molar-refractivity contribution in [1.82, 2.24) is 0 Å². The molecular formula is C26H21NO3. The Kier molecular flexibility index (Phi) is 5.57. The van der Waals surface area contributed by atoms with E-state index in [1.54, 1.807) is 19.1 Å². The van der Waals surface area contributed by atoms with Gasteiger partial charge in [0.2, 0.25) is 0 Å². The van der Waals surface area contributed by atoms with Gasteiger partial charge in [0.25, 0.3) is 5.91 Å². The molecule has 0 aliphatic carbocycles. The van der Waals surface area contributed by atoms with Crippen LogP contribution in [0.25, 0.3) is 21.9 Å². The Labute approximate surface area is 175 Å². The predicted molar refractivity (Wildman–Crippen MR) is 119 cm³/mol. The maximum absolute atomic E-state index is 12.7. The molecule has 0 heterocycles. The minimum atomic E-state index is -0.944. The third kappa shape index (κ3) is 4.08. The van der Waals surface area contributed by atoms with Crippen LogP contribution in [0.4, 0.5) is 5.69 Å². The summed E-state index contributed by atoms with van der Waals surface area (Å²) in [5.41, 5.74) is 3.01. The minimum Gasteiger partial charge on any atom is -0.449 e. The van der Waals surface area contributed by atoms with Gasteiger partial charge < -0.3 is 10.1 Å². The molecule has 4 aromatic carbocycles. The zero-order valence-corrected chi connectivity index (χ0v) is 16.5. The number of rotatable bonds is 5. The van der Waals surface area contributed by atoms with Crippen LogP contribution in [0.15, 0.2) is 97.1 Å². The number of benzene rings is 4. The standard InChI is InChI=1S/C26H21NO3/c1-18(30-26(29)23-16-9-13-19-12-5-6-14-21(19)23)25(28)27-24-17-8-7-15-22(24)20-10-3-2-4-11-20/h2-18H,1H3,(H,27,28)/t18-/m1/s1. The van der Waals surface area contributed by atoms with E-state index in [1.807, 2.05) is 84.9 Å². The van der Waals surface area contributed by atoms with E-state index < -0.39 is 12.1 Å². The molecule has 0 saturated heterocycles. The van der Waals surface area contributed by atoms with Gasteiger partial charge in [-0.2, -0.15) is 0 Å². The number of esters is 1. The van der Waals surface area contributed by atoms with E-state index in [1.165, 1.54) is 0 Å². The maximum Gasteiger partial charge on any atom is 0.339 e. The van der Waals surface area contributed by atoms with Gasteiger partial charge in [-0.25, -0.2) is 4.79 Å². The number of carbonyl (C=O) groups excluding carboxylic acids is 2. The first-order valence-electron chi connectivity index (χ1n) is 9.77. The molecule has 4 nitrogen and oxygen atoms in total. The highest BCUT2D eigenvalue weighted by atomic mass is 16.5. The van der Waals surface area contributed by atoms with Crippen LogP contribution in [0.5, 0.6) is 0 Å². The summed E-state index contributed by atoms with van der Waals surface area (Å²) >= 11 is 0. The molecule has 1 atom stereocenters. The van der Waals surface area contributed by atoms with E-state index in [0.29, 0.717) is 11.3 Å². The number of para-hydroxylation sites is 1. The molecule has 1 amide bonds. The Morgan fingerprint density at radius 2 is 1.43 bits per heavy atom. The van der Waals surface area contributed by atoms with E-state index in [4.69, 9.17) is 4.74 Å². The largest absolute Gasteiger partial charge is 0.449 e. The smallest absolute Gasteiger partial charge is 0.339 e. The molecule has 4 heteroatoms. The zero-order chi connectivity index (χ0) is 20.9. The topological polar surface area (TPSA) is 55.4 Å². The van der Waals surface area contributed by atoms with Gasteiger partial charge >= 0.3 is 5.97 Å². The first kappa shape index (κ1) is 19.4. The number of ether oxygens (including phenoxy) is 1. The molecule has 0 spiro atoms. The lowest BCUT2D eigenvalue weighted by atomic mass is 10.0. The second-order valence-corrected chi connectivity index (χ2v) is 6.98. The van der Waals surface area contributed by atoms with Gasteiger partial charge in [-0.1, -0.05) is 84.9 Å². The fourth-order valence-corrected chi connectivity index (χ4v) is 3.38. The summed E-state index contributed by atoms with van der Waals surface area (Å²) in [6.45, 7) is 1.57. The van der Waals surface area contributed by atoms with Crippen LogP contribution >= 0.6 is 0 Å². The molecule has 4 rings (SSSR count). The average molecular weight is 395 g/mol. The van der Waals surface area contributed by atoms with Crippen LogP contribution in [0.1, 0.15) is 17.3 Å². The van der Waals surface area contributed by atoms with Gasteiger partial charge in [-0.05, 0) is 35.4 Å². The second-order valence-electron chi connectivity index (χ2n) is 6.98. The minimum absolute atomic E-state index is 0.382. The Balaban J connectivity index is 1.51. The highest BCUT2D eigenvalue weighted by molar-refractivity contribution is 6.06. The lowest BCUT2D eigenvalue weighted by Gasteiger charge is -2.16. The van der Waals surface area contributed by atoms with E-state index in [-0.39, 0.29) is 5.91 Å². The predicted octanol–water partition coefficient (Wildman–Crippen LogP) is 5.69. The number of fused-ring (bicyclic) bond motifs is 1. The van der Waals surface area contributed by atoms with Crippen molar-refractivity contribution in [2.45, 2.75) is 13.0 Å². The van der Waals surface area contributed by atoms with Crippen molar-refractivity contribution < 1.29 is 14.3 Å². The van der Waals surface area contributed by atoms with Crippen LogP contribution < -0.4 is 5.32 Å². The first-order chi connectivity index (χ1) is 14.6. The SMILES string of the molecule is C[C@@H](OC(=O)c1cccc2ccccc12)C(=O)Nc1ccccc1-c1ccccc1. The average Bonchev–Trinajstić information content (AvgIpc) is 2.79. The monoisotopic (exact) mass is 395 g/mol. The van der Waals surface area contributed by atoms with Crippen LogP contribution in [0.3, 0.4) is 0 Å². The summed E-state index contributed by atoms with van der Waals surface area (Å²) in [6.07, 6.45) is -0.944. The lowest BCUT2D eigenvalue weighted by molar-refractivity contribution is -0.123. The van der Waals surface area contributed by atoms with Gasteiger partial charge in [0.15, 0.2) is 6.10 Å². The fourth-order valence-electron chi connectivity index (χ4n) is 3.38. The molecule has 30 heavy (non-hydrogen) atoms. The van der Waals surface area contributed by atoms with Crippen LogP contribution in [0.2, 0.25) is 0 Å². The molecule has 4 aromatic rings. The van der Waals surface area contributed by atoms with E-state index in [9.17, 15) is 9.59 Å². The summed E-state index contributed by atoms with van der Waals surface area (Å²) in [5, 5.41) is 4.63. The third-order valence-electron chi connectivity index (χ3n) is 4.93. The third-order valence-corrected chi connectivity index (χ3v) is 4.93. The summed E-state index contributed by atoms with van der Waals surface area (Å²) in [6, 6.07) is 30.4. The van der Waals surface area contributed by atoms with Crippen molar-refractivity contribution in [2.24, 2.45) is 0 Å². The number of amides is 1. The fraction of sp³-hybridized carbons (Fsp3) is 0.0769. The Bertz CT molecular complexity index is 1200. The van der Waals surface area contributed by atoms with Gasteiger partial charge in [0.05, 0.1) is 5.56 Å². The van der Waals surface area contributed by atoms with Crippen molar-refractivity contribution in [2.75, 3.05) is 5.32 Å². The van der Waals surface area contributed by atoms with Crippen molar-refractivity contribution in [3.05, 3.63) is 103 Å². The first-order valence-corrected chi connectivity index (χ1v) is 9.77. The Hall–Kier alpha value is -3.92. The molecule has 0 bridgehead atoms. The van der Waals surface area contributed by atoms with Gasteiger partial charge in [-0.3, -0.25) is 4.79 Å². The van der Waals surface area contributed by atoms with Crippen molar-refractivity contribution in [3.8, 4) is 11.1 Å². The molecule has 0 saturated carbocycles. The van der Waals surface area contributed by atoms with Crippen molar-refractivity contribution >= 4 is 28.3 Å². The Morgan fingerprint density at radius 3 is 2.27 bits per heavy atom. The lowest BCUT2D eigenvalue weighted by Crippen LogP contribution is -2.30. The van der Waals surface area contributed by atoms with Gasteiger partial charge in [0.1, 0.15) is 0 Å². The second kappa shape index (κ2) is 8.62. The molecule has 0 aromatic heterocycles. The normalized spacial score (nSPS) is 11.6. The summed E-state index contributed by atoms with van der Waals surface area (Å²) in [7, 11) is 0. The molecule has 0 radical (unpaired) electrons. The number of anilines is 1. The molecule has 1 N–H and O–H groups in total. The summed E-state index contributed by atoms with van der Waals surface area (Å²) < 4.78 is 5.47. The van der Waals surface area contributed by atoms with Crippen molar-refractivity contribution in [1.29, 1.82) is 0 Å². The van der Waals surface area contributed by atoms with Gasteiger partial charge in [-0.15, -0.1) is 0 Å². The van der Waals surface area contributed by atoms with E-state index in [0.717, 1.165) is 21.9 Å².